The Morgan fingerprint density at radius 1 is 1.29 bits per heavy atom. The lowest BCUT2D eigenvalue weighted by Crippen LogP contribution is -2.44. The van der Waals surface area contributed by atoms with Crippen LogP contribution in [0.4, 0.5) is 0 Å². The Kier molecular flexibility index (Phi) is 5.79. The molecule has 5 nitrogen and oxygen atoms in total. The molecule has 1 fully saturated rings. The number of nitrogens with zero attached hydrogens (tertiary/aromatic N) is 1. The van der Waals surface area contributed by atoms with Crippen molar-refractivity contribution >= 4 is 29.1 Å². The largest absolute Gasteiger partial charge is 0.379 e. The Morgan fingerprint density at radius 3 is 2.71 bits per heavy atom. The first-order chi connectivity index (χ1) is 11.6. The number of rotatable bonds is 5. The van der Waals surface area contributed by atoms with E-state index >= 15 is 0 Å². The van der Waals surface area contributed by atoms with E-state index < -0.39 is 0 Å². The second kappa shape index (κ2) is 8.03. The maximum Gasteiger partial charge on any atom is 0.267 e. The number of morpholine rings is 1. The lowest BCUT2D eigenvalue weighted by molar-refractivity contribution is 0.0162. The summed E-state index contributed by atoms with van der Waals surface area (Å²) < 4.78 is 5.43. The van der Waals surface area contributed by atoms with E-state index in [2.05, 4.69) is 15.2 Å². The van der Waals surface area contributed by atoms with Crippen LogP contribution in [0.25, 0.3) is 0 Å². The molecule has 1 unspecified atom stereocenters. The number of aromatic amines is 1. The van der Waals surface area contributed by atoms with Gasteiger partial charge in [-0.05, 0) is 17.7 Å². The van der Waals surface area contributed by atoms with Gasteiger partial charge in [-0.15, -0.1) is 0 Å². The Labute approximate surface area is 150 Å². The number of nitrogens with one attached hydrogen (secondary N) is 2. The summed E-state index contributed by atoms with van der Waals surface area (Å²) in [5.74, 6) is -0.188. The normalized spacial score (nSPS) is 16.8. The van der Waals surface area contributed by atoms with Crippen LogP contribution in [0.5, 0.6) is 0 Å². The highest BCUT2D eigenvalue weighted by atomic mass is 35.5. The van der Waals surface area contributed by atoms with Gasteiger partial charge in [0.1, 0.15) is 5.69 Å². The number of carbonyl (C=O) groups excluding carboxylic acids is 1. The van der Waals surface area contributed by atoms with Crippen molar-refractivity contribution in [3.05, 3.63) is 57.8 Å². The third-order valence-corrected chi connectivity index (χ3v) is 4.66. The van der Waals surface area contributed by atoms with Crippen LogP contribution >= 0.6 is 23.2 Å². The van der Waals surface area contributed by atoms with Gasteiger partial charge in [-0.1, -0.05) is 41.4 Å². The molecule has 24 heavy (non-hydrogen) atoms. The van der Waals surface area contributed by atoms with Crippen LogP contribution in [0.3, 0.4) is 0 Å². The minimum atomic E-state index is -0.188. The molecule has 0 aliphatic carbocycles. The van der Waals surface area contributed by atoms with E-state index in [0.717, 1.165) is 18.7 Å². The number of carbonyl (C=O) groups is 1. The topological polar surface area (TPSA) is 57.4 Å². The van der Waals surface area contributed by atoms with Crippen molar-refractivity contribution in [1.29, 1.82) is 0 Å². The monoisotopic (exact) mass is 367 g/mol. The molecule has 128 valence electrons. The van der Waals surface area contributed by atoms with Gasteiger partial charge in [0.15, 0.2) is 0 Å². The lowest BCUT2D eigenvalue weighted by atomic mass is 10.0. The lowest BCUT2D eigenvalue weighted by Gasteiger charge is -2.35. The average Bonchev–Trinajstić information content (AvgIpc) is 3.04. The van der Waals surface area contributed by atoms with E-state index in [9.17, 15) is 4.79 Å². The zero-order valence-electron chi connectivity index (χ0n) is 13.1. The molecule has 0 spiro atoms. The number of ether oxygens (including phenoxy) is 1. The van der Waals surface area contributed by atoms with Crippen LogP contribution in [-0.2, 0) is 4.74 Å². The zero-order chi connectivity index (χ0) is 16.9. The number of amides is 1. The van der Waals surface area contributed by atoms with E-state index in [-0.39, 0.29) is 11.9 Å². The van der Waals surface area contributed by atoms with Crippen LogP contribution in [0.2, 0.25) is 10.0 Å². The van der Waals surface area contributed by atoms with Gasteiger partial charge in [0.25, 0.3) is 5.91 Å². The number of hydrogen-bond donors (Lipinski definition) is 2. The summed E-state index contributed by atoms with van der Waals surface area (Å²) in [6.07, 6.45) is 1.59. The molecule has 2 N–H and O–H groups in total. The SMILES string of the molecule is O=C(NCC(c1ccccc1Cl)N1CCOCC1)c1cc(Cl)c[nH]1. The van der Waals surface area contributed by atoms with Gasteiger partial charge in [0.2, 0.25) is 0 Å². The molecule has 0 saturated carbocycles. The summed E-state index contributed by atoms with van der Waals surface area (Å²) in [5.41, 5.74) is 1.45. The fourth-order valence-corrected chi connectivity index (χ4v) is 3.28. The third kappa shape index (κ3) is 4.11. The van der Waals surface area contributed by atoms with Crippen molar-refractivity contribution in [3.8, 4) is 0 Å². The smallest absolute Gasteiger partial charge is 0.267 e. The fourth-order valence-electron chi connectivity index (χ4n) is 2.85. The van der Waals surface area contributed by atoms with Gasteiger partial charge in [-0.3, -0.25) is 9.69 Å². The Bertz CT molecular complexity index is 699. The molecule has 1 aliphatic heterocycles. The summed E-state index contributed by atoms with van der Waals surface area (Å²) in [4.78, 5) is 17.4. The molecule has 2 aromatic rings. The number of hydrogen-bond acceptors (Lipinski definition) is 3. The first kappa shape index (κ1) is 17.3. The second-order valence-corrected chi connectivity index (χ2v) is 6.47. The number of H-pyrrole nitrogens is 1. The minimum absolute atomic E-state index is 0.00279. The zero-order valence-corrected chi connectivity index (χ0v) is 14.6. The van der Waals surface area contributed by atoms with Gasteiger partial charge >= 0.3 is 0 Å². The van der Waals surface area contributed by atoms with E-state index in [1.54, 1.807) is 12.3 Å². The highest BCUT2D eigenvalue weighted by Crippen LogP contribution is 2.27. The highest BCUT2D eigenvalue weighted by Gasteiger charge is 2.25. The molecule has 2 heterocycles. The summed E-state index contributed by atoms with van der Waals surface area (Å²) in [6, 6.07) is 9.34. The van der Waals surface area contributed by atoms with Gasteiger partial charge in [0.05, 0.1) is 24.3 Å². The molecular formula is C17H19Cl2N3O2. The molecule has 1 aromatic heterocycles. The third-order valence-electron chi connectivity index (χ3n) is 4.10. The Morgan fingerprint density at radius 2 is 2.04 bits per heavy atom. The van der Waals surface area contributed by atoms with E-state index in [4.69, 9.17) is 27.9 Å². The standard InChI is InChI=1S/C17H19Cl2N3O2/c18-12-9-15(20-10-12)17(23)21-11-16(22-5-7-24-8-6-22)13-3-1-2-4-14(13)19/h1-4,9-10,16,20H,5-8,11H2,(H,21,23). The average molecular weight is 368 g/mol. The molecular weight excluding hydrogens is 349 g/mol. The quantitative estimate of drug-likeness (QED) is 0.853. The van der Waals surface area contributed by atoms with Crippen molar-refractivity contribution in [2.75, 3.05) is 32.8 Å². The fraction of sp³-hybridized carbons (Fsp3) is 0.353. The van der Waals surface area contributed by atoms with Crippen LogP contribution in [-0.4, -0.2) is 48.6 Å². The molecule has 1 aromatic carbocycles. The van der Waals surface area contributed by atoms with Crippen molar-refractivity contribution in [1.82, 2.24) is 15.2 Å². The van der Waals surface area contributed by atoms with Gasteiger partial charge in [-0.2, -0.15) is 0 Å². The molecule has 0 bridgehead atoms. The maximum atomic E-state index is 12.3. The Hall–Kier alpha value is -1.53. The van der Waals surface area contributed by atoms with Crippen molar-refractivity contribution in [2.24, 2.45) is 0 Å². The summed E-state index contributed by atoms with van der Waals surface area (Å²) >= 11 is 12.2. The van der Waals surface area contributed by atoms with Gasteiger partial charge in [-0.25, -0.2) is 0 Å². The van der Waals surface area contributed by atoms with E-state index in [1.807, 2.05) is 24.3 Å². The minimum Gasteiger partial charge on any atom is -0.379 e. The van der Waals surface area contributed by atoms with Crippen molar-refractivity contribution in [2.45, 2.75) is 6.04 Å². The Balaban J connectivity index is 1.74. The van der Waals surface area contributed by atoms with Gasteiger partial charge in [0, 0.05) is 30.9 Å². The molecule has 1 saturated heterocycles. The van der Waals surface area contributed by atoms with Crippen molar-refractivity contribution in [3.63, 3.8) is 0 Å². The van der Waals surface area contributed by atoms with Crippen LogP contribution < -0.4 is 5.32 Å². The molecule has 1 amide bonds. The number of benzene rings is 1. The maximum absolute atomic E-state index is 12.3. The summed E-state index contributed by atoms with van der Waals surface area (Å²) in [5, 5.41) is 4.18. The molecule has 7 heteroatoms. The number of aromatic nitrogens is 1. The van der Waals surface area contributed by atoms with Crippen LogP contribution in [0, 0.1) is 0 Å². The van der Waals surface area contributed by atoms with E-state index in [1.165, 1.54) is 0 Å². The van der Waals surface area contributed by atoms with Crippen molar-refractivity contribution < 1.29 is 9.53 Å². The molecule has 1 aliphatic rings. The molecule has 3 rings (SSSR count). The molecule has 0 radical (unpaired) electrons. The van der Waals surface area contributed by atoms with Crippen LogP contribution in [0.15, 0.2) is 36.5 Å². The first-order valence-electron chi connectivity index (χ1n) is 7.83. The predicted molar refractivity (Wildman–Crippen MR) is 94.7 cm³/mol. The van der Waals surface area contributed by atoms with Gasteiger partial charge < -0.3 is 15.0 Å². The van der Waals surface area contributed by atoms with E-state index in [0.29, 0.717) is 35.5 Å². The molecule has 1 atom stereocenters. The summed E-state index contributed by atoms with van der Waals surface area (Å²) in [7, 11) is 0. The second-order valence-electron chi connectivity index (χ2n) is 5.63. The number of halogens is 2. The predicted octanol–water partition coefficient (Wildman–Crippen LogP) is 3.12. The first-order valence-corrected chi connectivity index (χ1v) is 8.59. The summed E-state index contributed by atoms with van der Waals surface area (Å²) in [6.45, 7) is 3.43. The highest BCUT2D eigenvalue weighted by molar-refractivity contribution is 6.31. The van der Waals surface area contributed by atoms with Crippen LogP contribution in [0.1, 0.15) is 22.1 Å².